The maximum absolute atomic E-state index is 5.19. The van der Waals surface area contributed by atoms with Crippen LogP contribution in [0.25, 0.3) is 109 Å². The Kier molecular flexibility index (Phi) is 8.01. The van der Waals surface area contributed by atoms with Crippen molar-refractivity contribution in [1.82, 2.24) is 15.0 Å². The predicted molar refractivity (Wildman–Crippen MR) is 240 cm³/mol. The van der Waals surface area contributed by atoms with Crippen LogP contribution in [-0.4, -0.2) is 15.0 Å². The van der Waals surface area contributed by atoms with Crippen LogP contribution in [0.1, 0.15) is 0 Å². The van der Waals surface area contributed by atoms with Gasteiger partial charge in [-0.15, -0.1) is 11.3 Å². The van der Waals surface area contributed by atoms with E-state index >= 15 is 0 Å². The molecule has 0 fully saturated rings. The normalized spacial score (nSPS) is 11.5. The third kappa shape index (κ3) is 6.04. The van der Waals surface area contributed by atoms with Gasteiger partial charge in [0.1, 0.15) is 0 Å². The average molecular weight is 744 g/mol. The van der Waals surface area contributed by atoms with E-state index in [1.54, 1.807) is 0 Å². The van der Waals surface area contributed by atoms with Gasteiger partial charge >= 0.3 is 0 Å². The van der Waals surface area contributed by atoms with Crippen LogP contribution in [0, 0.1) is 0 Å². The maximum atomic E-state index is 5.19. The van der Waals surface area contributed by atoms with E-state index in [0.29, 0.717) is 17.5 Å². The van der Waals surface area contributed by atoms with Gasteiger partial charge in [-0.1, -0.05) is 176 Å². The number of fused-ring (bicyclic) bond motifs is 6. The number of hydrogen-bond donors (Lipinski definition) is 0. The van der Waals surface area contributed by atoms with Gasteiger partial charge < -0.3 is 0 Å². The Morgan fingerprint density at radius 1 is 0.281 bits per heavy atom. The molecule has 0 atom stereocenters. The largest absolute Gasteiger partial charge is 0.208 e. The van der Waals surface area contributed by atoms with Gasteiger partial charge in [0, 0.05) is 36.9 Å². The van der Waals surface area contributed by atoms with E-state index in [1.165, 1.54) is 64.1 Å². The van der Waals surface area contributed by atoms with E-state index in [9.17, 15) is 0 Å². The fraction of sp³-hybridized carbons (Fsp3) is 0. The van der Waals surface area contributed by atoms with Crippen molar-refractivity contribution in [3.05, 3.63) is 200 Å². The molecule has 57 heavy (non-hydrogen) atoms. The number of thiophene rings is 1. The minimum absolute atomic E-state index is 0.648. The second-order valence-electron chi connectivity index (χ2n) is 14.4. The molecule has 0 saturated carbocycles. The van der Waals surface area contributed by atoms with Crippen LogP contribution >= 0.6 is 11.3 Å². The molecule has 9 aromatic carbocycles. The summed E-state index contributed by atoms with van der Waals surface area (Å²) >= 11 is 1.82. The topological polar surface area (TPSA) is 38.7 Å². The first-order chi connectivity index (χ1) is 28.2. The molecule has 11 aromatic rings. The first-order valence-electron chi connectivity index (χ1n) is 19.2. The molecule has 0 spiro atoms. The van der Waals surface area contributed by atoms with Crippen molar-refractivity contribution in [3.8, 4) is 67.5 Å². The Morgan fingerprint density at radius 2 is 0.754 bits per heavy atom. The molecule has 266 valence electrons. The summed E-state index contributed by atoms with van der Waals surface area (Å²) < 4.78 is 2.46. The monoisotopic (exact) mass is 743 g/mol. The van der Waals surface area contributed by atoms with E-state index in [4.69, 9.17) is 15.0 Å². The van der Waals surface area contributed by atoms with Gasteiger partial charge in [-0.05, 0) is 79.2 Å². The van der Waals surface area contributed by atoms with Crippen molar-refractivity contribution in [2.45, 2.75) is 0 Å². The Bertz CT molecular complexity index is 3260. The summed E-state index contributed by atoms with van der Waals surface area (Å²) in [5.41, 5.74) is 10.1. The smallest absolute Gasteiger partial charge is 0.164 e. The zero-order valence-electron chi connectivity index (χ0n) is 30.8. The third-order valence-corrected chi connectivity index (χ3v) is 12.1. The SMILES string of the molecule is c1ccc(-c2ccc(-c3nc(-c4ccccc4)nc(-c4cc5sc6ccc(-c7ccc(-c8ccc9ccccc9c8)cc7)cc6c5c5ccccc45)n3)cc2)cc1. The number of benzene rings is 9. The van der Waals surface area contributed by atoms with Crippen LogP contribution in [0.2, 0.25) is 0 Å². The van der Waals surface area contributed by atoms with Crippen LogP contribution < -0.4 is 0 Å². The zero-order valence-corrected chi connectivity index (χ0v) is 31.6. The molecule has 0 aliphatic heterocycles. The highest BCUT2D eigenvalue weighted by Crippen LogP contribution is 2.44. The van der Waals surface area contributed by atoms with E-state index in [0.717, 1.165) is 27.6 Å². The van der Waals surface area contributed by atoms with Crippen molar-refractivity contribution >= 4 is 53.1 Å². The van der Waals surface area contributed by atoms with Gasteiger partial charge in [-0.3, -0.25) is 0 Å². The van der Waals surface area contributed by atoms with E-state index < -0.39 is 0 Å². The number of nitrogens with zero attached hydrogens (tertiary/aromatic N) is 3. The standard InChI is InChI=1S/C53H33N3S/c1-3-11-34(12-4-1)36-23-26-40(27-24-36)52-54-51(39-14-5-2-6-15-39)55-53(56-52)46-33-49-50(45-18-10-9-17-44(45)46)47-32-43(29-30-48(47)57-49)38-21-19-37(20-22-38)42-28-25-35-13-7-8-16-41(35)31-42/h1-33H. The van der Waals surface area contributed by atoms with Crippen LogP contribution in [0.4, 0.5) is 0 Å². The van der Waals surface area contributed by atoms with Crippen LogP contribution in [0.5, 0.6) is 0 Å². The van der Waals surface area contributed by atoms with Crippen LogP contribution in [0.15, 0.2) is 200 Å². The molecular weight excluding hydrogens is 711 g/mol. The molecule has 0 aliphatic rings. The second-order valence-corrected chi connectivity index (χ2v) is 15.5. The van der Waals surface area contributed by atoms with Crippen LogP contribution in [-0.2, 0) is 0 Å². The summed E-state index contributed by atoms with van der Waals surface area (Å²) in [5.74, 6) is 1.96. The number of rotatable bonds is 6. The molecule has 11 rings (SSSR count). The zero-order chi connectivity index (χ0) is 37.7. The molecule has 0 radical (unpaired) electrons. The maximum Gasteiger partial charge on any atom is 0.164 e. The Hall–Kier alpha value is -7.27. The van der Waals surface area contributed by atoms with Crippen molar-refractivity contribution < 1.29 is 0 Å². The minimum atomic E-state index is 0.648. The molecule has 4 heteroatoms. The first kappa shape index (κ1) is 33.1. The van der Waals surface area contributed by atoms with Crippen molar-refractivity contribution in [3.63, 3.8) is 0 Å². The molecule has 0 amide bonds. The summed E-state index contributed by atoms with van der Waals surface area (Å²) in [4.78, 5) is 15.4. The van der Waals surface area contributed by atoms with E-state index in [-0.39, 0.29) is 0 Å². The summed E-state index contributed by atoms with van der Waals surface area (Å²) in [7, 11) is 0. The molecular formula is C53H33N3S. The van der Waals surface area contributed by atoms with Crippen molar-refractivity contribution in [2.24, 2.45) is 0 Å². The van der Waals surface area contributed by atoms with Gasteiger partial charge in [0.25, 0.3) is 0 Å². The van der Waals surface area contributed by atoms with Gasteiger partial charge in [-0.2, -0.15) is 0 Å². The molecule has 3 nitrogen and oxygen atoms in total. The lowest BCUT2D eigenvalue weighted by Gasteiger charge is -2.12. The Morgan fingerprint density at radius 3 is 1.46 bits per heavy atom. The molecule has 0 N–H and O–H groups in total. The quantitative estimate of drug-likeness (QED) is 0.170. The van der Waals surface area contributed by atoms with Crippen molar-refractivity contribution in [2.75, 3.05) is 0 Å². The lowest BCUT2D eigenvalue weighted by molar-refractivity contribution is 1.08. The molecule has 0 aliphatic carbocycles. The summed E-state index contributed by atoms with van der Waals surface area (Å²) in [6.45, 7) is 0. The third-order valence-electron chi connectivity index (χ3n) is 10.9. The highest BCUT2D eigenvalue weighted by Gasteiger charge is 2.19. The molecule has 0 unspecified atom stereocenters. The Labute approximate surface area is 334 Å². The highest BCUT2D eigenvalue weighted by molar-refractivity contribution is 7.26. The van der Waals surface area contributed by atoms with Gasteiger partial charge in [0.15, 0.2) is 17.5 Å². The number of aromatic nitrogens is 3. The van der Waals surface area contributed by atoms with Gasteiger partial charge in [-0.25, -0.2) is 15.0 Å². The fourth-order valence-electron chi connectivity index (χ4n) is 8.01. The van der Waals surface area contributed by atoms with Crippen LogP contribution in [0.3, 0.4) is 0 Å². The second kappa shape index (κ2) is 13.8. The Balaban J connectivity index is 1.02. The lowest BCUT2D eigenvalue weighted by Crippen LogP contribution is -2.00. The molecule has 0 bridgehead atoms. The van der Waals surface area contributed by atoms with Crippen molar-refractivity contribution in [1.29, 1.82) is 0 Å². The predicted octanol–water partition coefficient (Wildman–Crippen LogP) is 14.5. The van der Waals surface area contributed by atoms with E-state index in [2.05, 4.69) is 176 Å². The summed E-state index contributed by atoms with van der Waals surface area (Å²) in [6.07, 6.45) is 0. The number of hydrogen-bond acceptors (Lipinski definition) is 4. The highest BCUT2D eigenvalue weighted by atomic mass is 32.1. The lowest BCUT2D eigenvalue weighted by atomic mass is 9.96. The summed E-state index contributed by atoms with van der Waals surface area (Å²) in [5, 5.41) is 7.34. The average Bonchev–Trinajstić information content (AvgIpc) is 3.67. The minimum Gasteiger partial charge on any atom is -0.208 e. The fourth-order valence-corrected chi connectivity index (χ4v) is 9.16. The van der Waals surface area contributed by atoms with Gasteiger partial charge in [0.2, 0.25) is 0 Å². The summed E-state index contributed by atoms with van der Waals surface area (Å²) in [6, 6.07) is 71.1. The molecule has 2 aromatic heterocycles. The van der Waals surface area contributed by atoms with Gasteiger partial charge in [0.05, 0.1) is 0 Å². The molecule has 0 saturated heterocycles. The van der Waals surface area contributed by atoms with E-state index in [1.807, 2.05) is 35.6 Å². The first-order valence-corrected chi connectivity index (χ1v) is 20.0. The molecule has 2 heterocycles.